The highest BCUT2D eigenvalue weighted by molar-refractivity contribution is 5.87. The Morgan fingerprint density at radius 3 is 1.27 bits per heavy atom. The first kappa shape index (κ1) is 33.4. The van der Waals surface area contributed by atoms with Crippen LogP contribution in [-0.2, 0) is 0 Å². The monoisotopic (exact) mass is 719 g/mol. The molecule has 0 bridgehead atoms. The Bertz CT molecular complexity index is 2450. The van der Waals surface area contributed by atoms with E-state index >= 15 is 0 Å². The molecular weight excluding hydrogens is 675 g/mol. The standard InChI is InChI=1S/C48H45N7/c1-29(2)37-19-13-21-39-31(5)52-27-28-53-32(6)40-22-14-20-38(30(3)4)42(40)55-46(54(41(37)39)47(52)48(53)55)36-25-23-35(24-26-36)45-50-43(33-15-9-7-10-16-33)49-44(51-45)34-17-11-8-12-18-34/h7-32,46H,1-6H3/q+2. The minimum atomic E-state index is -0.126. The van der Waals surface area contributed by atoms with Gasteiger partial charge in [-0.2, -0.15) is 9.80 Å². The Balaban J connectivity index is 1.19. The Kier molecular flexibility index (Phi) is 7.70. The summed E-state index contributed by atoms with van der Waals surface area (Å²) in [5.41, 5.74) is 12.2. The molecule has 7 heteroatoms. The van der Waals surface area contributed by atoms with Crippen molar-refractivity contribution in [2.45, 2.75) is 71.6 Å². The summed E-state index contributed by atoms with van der Waals surface area (Å²) in [5.74, 6) is 5.19. The van der Waals surface area contributed by atoms with E-state index < -0.39 is 0 Å². The van der Waals surface area contributed by atoms with Crippen LogP contribution in [0.4, 0.5) is 23.0 Å². The van der Waals surface area contributed by atoms with Crippen molar-refractivity contribution in [1.82, 2.24) is 15.0 Å². The Morgan fingerprint density at radius 2 is 0.873 bits per heavy atom. The Morgan fingerprint density at radius 1 is 0.473 bits per heavy atom. The van der Waals surface area contributed by atoms with Gasteiger partial charge in [0.1, 0.15) is 35.9 Å². The number of anilines is 4. The van der Waals surface area contributed by atoms with Crippen LogP contribution in [0.3, 0.4) is 0 Å². The van der Waals surface area contributed by atoms with Gasteiger partial charge in [0.15, 0.2) is 17.5 Å². The maximum atomic E-state index is 5.05. The number of aromatic nitrogens is 5. The second kappa shape index (κ2) is 12.7. The molecule has 0 aliphatic carbocycles. The molecule has 2 aromatic heterocycles. The van der Waals surface area contributed by atoms with E-state index in [-0.39, 0.29) is 18.2 Å². The molecule has 0 N–H and O–H groups in total. The normalized spacial score (nSPS) is 17.7. The van der Waals surface area contributed by atoms with E-state index in [0.29, 0.717) is 29.3 Å². The largest absolute Gasteiger partial charge is 0.378 e. The van der Waals surface area contributed by atoms with Gasteiger partial charge in [0.05, 0.1) is 0 Å². The van der Waals surface area contributed by atoms with Gasteiger partial charge >= 0.3 is 11.6 Å². The van der Waals surface area contributed by atoms with Gasteiger partial charge < -0.3 is 0 Å². The lowest BCUT2D eigenvalue weighted by Gasteiger charge is -2.32. The summed E-state index contributed by atoms with van der Waals surface area (Å²) in [5, 5.41) is 0. The molecular formula is C48H45N7+2. The minimum absolute atomic E-state index is 0.126. The lowest BCUT2D eigenvalue weighted by Crippen LogP contribution is -2.52. The SMILES string of the molecule is CC(C)c1cccc2c1N1c3c4[n+](cc[n+]3C2C)C(C)c2cccc(C(C)C)c2N4C1c1ccc(-c2nc(-c3ccccc3)nc(-c3ccccc3)n2)cc1. The van der Waals surface area contributed by atoms with E-state index in [1.165, 1.54) is 50.8 Å². The number of rotatable bonds is 6. The van der Waals surface area contributed by atoms with Crippen molar-refractivity contribution in [2.24, 2.45) is 0 Å². The van der Waals surface area contributed by atoms with Gasteiger partial charge in [0.25, 0.3) is 6.17 Å². The molecule has 10 rings (SSSR count). The second-order valence-electron chi connectivity index (χ2n) is 15.8. The van der Waals surface area contributed by atoms with Crippen LogP contribution in [0, 0.1) is 0 Å². The highest BCUT2D eigenvalue weighted by Crippen LogP contribution is 2.59. The zero-order valence-corrected chi connectivity index (χ0v) is 32.2. The van der Waals surface area contributed by atoms with Gasteiger partial charge in [-0.25, -0.2) is 24.1 Å². The van der Waals surface area contributed by atoms with Crippen LogP contribution < -0.4 is 18.9 Å². The zero-order chi connectivity index (χ0) is 37.5. The first-order valence-electron chi connectivity index (χ1n) is 19.6. The fourth-order valence-corrected chi connectivity index (χ4v) is 9.07. The van der Waals surface area contributed by atoms with Crippen molar-refractivity contribution in [2.75, 3.05) is 9.80 Å². The van der Waals surface area contributed by atoms with E-state index in [1.54, 1.807) is 0 Å². The third kappa shape index (κ3) is 5.06. The number of fused-ring (bicyclic) bond motifs is 4. The van der Waals surface area contributed by atoms with Crippen LogP contribution in [0.2, 0.25) is 0 Å². The number of hydrogen-bond donors (Lipinski definition) is 0. The molecule has 0 radical (unpaired) electrons. The number of hydrogen-bond acceptors (Lipinski definition) is 5. The summed E-state index contributed by atoms with van der Waals surface area (Å²) in [6.07, 6.45) is 4.47. The smallest absolute Gasteiger partial charge is 0.216 e. The third-order valence-electron chi connectivity index (χ3n) is 11.8. The van der Waals surface area contributed by atoms with Gasteiger partial charge in [-0.15, -0.1) is 0 Å². The summed E-state index contributed by atoms with van der Waals surface area (Å²) in [6, 6.07) is 43.5. The molecule has 0 saturated heterocycles. The summed E-state index contributed by atoms with van der Waals surface area (Å²) in [6.45, 7) is 14.0. The highest BCUT2D eigenvalue weighted by Gasteiger charge is 2.62. The Labute approximate surface area is 323 Å². The maximum absolute atomic E-state index is 5.05. The molecule has 270 valence electrons. The topological polar surface area (TPSA) is 52.9 Å². The molecule has 5 heterocycles. The van der Waals surface area contributed by atoms with Gasteiger partial charge in [-0.1, -0.05) is 137 Å². The predicted octanol–water partition coefficient (Wildman–Crippen LogP) is 10.5. The van der Waals surface area contributed by atoms with Crippen LogP contribution >= 0.6 is 0 Å². The van der Waals surface area contributed by atoms with Gasteiger partial charge in [-0.3, -0.25) is 0 Å². The van der Waals surface area contributed by atoms with Gasteiger partial charge in [0.2, 0.25) is 0 Å². The van der Waals surface area contributed by atoms with Crippen molar-refractivity contribution in [3.63, 3.8) is 0 Å². The summed E-state index contributed by atoms with van der Waals surface area (Å²) in [4.78, 5) is 20.3. The average Bonchev–Trinajstić information content (AvgIpc) is 3.58. The summed E-state index contributed by atoms with van der Waals surface area (Å²) in [7, 11) is 0. The molecule has 0 amide bonds. The van der Waals surface area contributed by atoms with E-state index in [2.05, 4.69) is 158 Å². The molecule has 3 aliphatic heterocycles. The Hall–Kier alpha value is -6.21. The zero-order valence-electron chi connectivity index (χ0n) is 32.2. The molecule has 55 heavy (non-hydrogen) atoms. The van der Waals surface area contributed by atoms with Crippen molar-refractivity contribution < 1.29 is 9.13 Å². The van der Waals surface area contributed by atoms with E-state index in [1.807, 2.05) is 36.4 Å². The van der Waals surface area contributed by atoms with Crippen LogP contribution in [0.15, 0.2) is 134 Å². The number of para-hydroxylation sites is 2. The third-order valence-corrected chi connectivity index (χ3v) is 11.8. The molecule has 2 unspecified atom stereocenters. The van der Waals surface area contributed by atoms with E-state index in [4.69, 9.17) is 15.0 Å². The molecule has 0 fully saturated rings. The van der Waals surface area contributed by atoms with Gasteiger partial charge in [0, 0.05) is 44.5 Å². The fourth-order valence-electron chi connectivity index (χ4n) is 9.07. The second-order valence-corrected chi connectivity index (χ2v) is 15.8. The number of benzene rings is 5. The highest BCUT2D eigenvalue weighted by atomic mass is 15.5. The average molecular weight is 720 g/mol. The molecule has 7 aromatic rings. The van der Waals surface area contributed by atoms with Crippen molar-refractivity contribution in [3.8, 4) is 34.2 Å². The maximum Gasteiger partial charge on any atom is 0.378 e. The first-order valence-corrected chi connectivity index (χ1v) is 19.6. The quantitative estimate of drug-likeness (QED) is 0.160. The molecule has 0 saturated carbocycles. The van der Waals surface area contributed by atoms with E-state index in [0.717, 1.165) is 16.7 Å². The van der Waals surface area contributed by atoms with Gasteiger partial charge in [-0.05, 0) is 37.8 Å². The predicted molar refractivity (Wildman–Crippen MR) is 219 cm³/mol. The van der Waals surface area contributed by atoms with Crippen molar-refractivity contribution >= 4 is 23.0 Å². The van der Waals surface area contributed by atoms with Crippen LogP contribution in [-0.4, -0.2) is 15.0 Å². The molecule has 3 aliphatic rings. The van der Waals surface area contributed by atoms with E-state index in [9.17, 15) is 0 Å². The fraction of sp³-hybridized carbons (Fsp3) is 0.229. The summed E-state index contributed by atoms with van der Waals surface area (Å²) < 4.78 is 4.99. The summed E-state index contributed by atoms with van der Waals surface area (Å²) >= 11 is 0. The van der Waals surface area contributed by atoms with Crippen LogP contribution in [0.25, 0.3) is 34.2 Å². The molecule has 0 spiro atoms. The minimum Gasteiger partial charge on any atom is -0.216 e. The number of nitrogens with zero attached hydrogens (tertiary/aromatic N) is 7. The molecule has 5 aromatic carbocycles. The lowest BCUT2D eigenvalue weighted by molar-refractivity contribution is -0.746. The van der Waals surface area contributed by atoms with Crippen molar-refractivity contribution in [1.29, 1.82) is 0 Å². The first-order chi connectivity index (χ1) is 26.8. The van der Waals surface area contributed by atoms with Crippen molar-refractivity contribution in [3.05, 3.63) is 162 Å². The van der Waals surface area contributed by atoms with Crippen LogP contribution in [0.5, 0.6) is 0 Å². The molecule has 2 atom stereocenters. The van der Waals surface area contributed by atoms with Crippen LogP contribution in [0.1, 0.15) is 99.4 Å². The molecule has 7 nitrogen and oxygen atoms in total. The lowest BCUT2D eigenvalue weighted by atomic mass is 9.91.